The van der Waals surface area contributed by atoms with Crippen molar-refractivity contribution >= 4 is 89.6 Å². The molecule has 0 unspecified atom stereocenters. The van der Waals surface area contributed by atoms with Crippen molar-refractivity contribution in [1.82, 2.24) is 0 Å². The summed E-state index contributed by atoms with van der Waals surface area (Å²) < 4.78 is 0.802. The van der Waals surface area contributed by atoms with E-state index in [1.807, 2.05) is 24.3 Å². The first kappa shape index (κ1) is 34.7. The number of rotatable bonds is 7. The summed E-state index contributed by atoms with van der Waals surface area (Å²) in [5, 5.41) is 24.5. The summed E-state index contributed by atoms with van der Waals surface area (Å²) in [7, 11) is 0. The largest absolute Gasteiger partial charge is 0.283 e. The molecule has 1 aliphatic carbocycles. The highest BCUT2D eigenvalue weighted by Crippen LogP contribution is 2.43. The first-order valence-electron chi connectivity index (χ1n) is 13.7. The summed E-state index contributed by atoms with van der Waals surface area (Å²) in [5.41, 5.74) is 3.65. The van der Waals surface area contributed by atoms with Crippen LogP contribution in [-0.4, -0.2) is 9.85 Å². The maximum absolute atomic E-state index is 10.9. The Morgan fingerprint density at radius 3 is 1.39 bits per heavy atom. The second kappa shape index (κ2) is 15.9. The Hall–Kier alpha value is -2.20. The standard InChI is InChI=1S/C19H18Cl4.C13H8Br2N2O4/c20-15-6-13(7-16(21)10-15)19(12-4-2-1-3-5-12)14-8-17(22)11-18(23)9-14;14-10-3-1-8(6-12(10)16(18)19)5-9-2-4-11(15)13(7-9)17(20)21/h6-12,19H,1-5H2;1-4,6-7H,5H2. The zero-order valence-electron chi connectivity index (χ0n) is 23.1. The second-order valence-corrected chi connectivity index (χ2v) is 14.0. The Kier molecular flexibility index (Phi) is 12.5. The highest BCUT2D eigenvalue weighted by Gasteiger charge is 2.27. The van der Waals surface area contributed by atoms with E-state index >= 15 is 0 Å². The summed E-state index contributed by atoms with van der Waals surface area (Å²) in [5.74, 6) is 0.788. The number of nitro groups is 2. The SMILES string of the molecule is Clc1cc(Cl)cc(C(c2cc(Cl)cc(Cl)c2)C2CCCCC2)c1.O=[N+]([O-])c1cc(Cc2ccc(Br)c([N+](=O)[O-])c2)ccc1Br. The molecule has 4 aromatic rings. The van der Waals surface area contributed by atoms with E-state index in [0.717, 1.165) is 11.1 Å². The van der Waals surface area contributed by atoms with Crippen molar-refractivity contribution in [2.24, 2.45) is 5.92 Å². The molecule has 1 aliphatic rings. The molecule has 0 aliphatic heterocycles. The average Bonchev–Trinajstić information content (AvgIpc) is 2.95. The normalized spacial score (nSPS) is 13.3. The van der Waals surface area contributed by atoms with Crippen molar-refractivity contribution in [1.29, 1.82) is 0 Å². The van der Waals surface area contributed by atoms with Crippen LogP contribution in [0.4, 0.5) is 11.4 Å². The van der Waals surface area contributed by atoms with Gasteiger partial charge in [-0.15, -0.1) is 0 Å². The third kappa shape index (κ3) is 9.41. The van der Waals surface area contributed by atoms with Gasteiger partial charge in [0, 0.05) is 38.1 Å². The molecule has 0 radical (unpaired) electrons. The maximum atomic E-state index is 10.9. The van der Waals surface area contributed by atoms with Gasteiger partial charge in [0.2, 0.25) is 0 Å². The molecule has 230 valence electrons. The fourth-order valence-electron chi connectivity index (χ4n) is 5.57. The molecule has 6 nitrogen and oxygen atoms in total. The quantitative estimate of drug-likeness (QED) is 0.138. The number of halogens is 6. The van der Waals surface area contributed by atoms with Crippen LogP contribution < -0.4 is 0 Å². The van der Waals surface area contributed by atoms with Gasteiger partial charge >= 0.3 is 0 Å². The van der Waals surface area contributed by atoms with E-state index in [-0.39, 0.29) is 17.3 Å². The highest BCUT2D eigenvalue weighted by atomic mass is 79.9. The topological polar surface area (TPSA) is 86.3 Å². The van der Waals surface area contributed by atoms with Crippen LogP contribution in [0.15, 0.2) is 81.7 Å². The van der Waals surface area contributed by atoms with Crippen molar-refractivity contribution in [3.63, 3.8) is 0 Å². The van der Waals surface area contributed by atoms with Crippen molar-refractivity contribution in [3.8, 4) is 0 Å². The van der Waals surface area contributed by atoms with Crippen LogP contribution in [0, 0.1) is 26.1 Å². The molecule has 44 heavy (non-hydrogen) atoms. The lowest BCUT2D eigenvalue weighted by atomic mass is 9.73. The molecule has 0 bridgehead atoms. The van der Waals surface area contributed by atoms with Crippen LogP contribution in [0.5, 0.6) is 0 Å². The van der Waals surface area contributed by atoms with Crippen molar-refractivity contribution < 1.29 is 9.85 Å². The fourth-order valence-corrected chi connectivity index (χ4v) is 7.43. The molecule has 0 aromatic heterocycles. The summed E-state index contributed by atoms with van der Waals surface area (Å²) in [6.45, 7) is 0. The van der Waals surface area contributed by atoms with E-state index in [1.54, 1.807) is 36.4 Å². The molecule has 1 fully saturated rings. The number of nitro benzene ring substituents is 2. The second-order valence-electron chi connectivity index (χ2n) is 10.5. The minimum atomic E-state index is -0.475. The first-order chi connectivity index (χ1) is 20.9. The molecule has 0 saturated heterocycles. The monoisotopic (exact) mass is 800 g/mol. The molecule has 4 aromatic carbocycles. The molecule has 5 rings (SSSR count). The van der Waals surface area contributed by atoms with E-state index in [0.29, 0.717) is 52.5 Å². The predicted molar refractivity (Wildman–Crippen MR) is 186 cm³/mol. The van der Waals surface area contributed by atoms with Gasteiger partial charge in [-0.25, -0.2) is 0 Å². The van der Waals surface area contributed by atoms with Gasteiger partial charge in [-0.2, -0.15) is 0 Å². The van der Waals surface area contributed by atoms with Crippen molar-refractivity contribution in [3.05, 3.63) is 144 Å². The number of benzene rings is 4. The van der Waals surface area contributed by atoms with Gasteiger partial charge in [0.25, 0.3) is 11.4 Å². The Morgan fingerprint density at radius 2 is 1.02 bits per heavy atom. The van der Waals surface area contributed by atoms with Crippen LogP contribution in [0.2, 0.25) is 20.1 Å². The molecule has 1 saturated carbocycles. The first-order valence-corrected chi connectivity index (χ1v) is 16.8. The van der Waals surface area contributed by atoms with Gasteiger partial charge in [-0.1, -0.05) is 77.8 Å². The molecule has 0 heterocycles. The summed E-state index contributed by atoms with van der Waals surface area (Å²) in [6.07, 6.45) is 6.64. The lowest BCUT2D eigenvalue weighted by Crippen LogP contribution is -2.17. The van der Waals surface area contributed by atoms with Gasteiger partial charge in [-0.3, -0.25) is 20.2 Å². The third-order valence-corrected chi connectivity index (χ3v) is 9.65. The van der Waals surface area contributed by atoms with Gasteiger partial charge in [0.1, 0.15) is 0 Å². The molecule has 12 heteroatoms. The van der Waals surface area contributed by atoms with E-state index in [9.17, 15) is 20.2 Å². The highest BCUT2D eigenvalue weighted by molar-refractivity contribution is 9.11. The van der Waals surface area contributed by atoms with E-state index < -0.39 is 9.85 Å². The summed E-state index contributed by atoms with van der Waals surface area (Å²) >= 11 is 31.2. The van der Waals surface area contributed by atoms with Crippen LogP contribution in [-0.2, 0) is 6.42 Å². The number of hydrogen-bond acceptors (Lipinski definition) is 4. The summed E-state index contributed by atoms with van der Waals surface area (Å²) in [6, 6.07) is 21.2. The van der Waals surface area contributed by atoms with Gasteiger partial charge in [0.05, 0.1) is 18.8 Å². The molecular formula is C32H26Br2Cl4N2O4. The van der Waals surface area contributed by atoms with Gasteiger partial charge in [0.15, 0.2) is 0 Å². The Balaban J connectivity index is 0.000000202. The fraction of sp³-hybridized carbons (Fsp3) is 0.250. The van der Waals surface area contributed by atoms with Gasteiger partial charge < -0.3 is 0 Å². The number of nitrogens with zero attached hydrogens (tertiary/aromatic N) is 2. The Morgan fingerprint density at radius 1 is 0.636 bits per heavy atom. The maximum Gasteiger partial charge on any atom is 0.283 e. The smallest absolute Gasteiger partial charge is 0.258 e. The van der Waals surface area contributed by atoms with Crippen molar-refractivity contribution in [2.75, 3.05) is 0 Å². The van der Waals surface area contributed by atoms with E-state index in [2.05, 4.69) is 31.9 Å². The Labute approximate surface area is 292 Å². The molecule has 0 amide bonds. The molecule has 0 atom stereocenters. The molecular weight excluding hydrogens is 778 g/mol. The van der Waals surface area contributed by atoms with Crippen LogP contribution >= 0.6 is 78.3 Å². The zero-order valence-corrected chi connectivity index (χ0v) is 29.3. The average molecular weight is 804 g/mol. The zero-order chi connectivity index (χ0) is 32.0. The number of hydrogen-bond donors (Lipinski definition) is 0. The lowest BCUT2D eigenvalue weighted by Gasteiger charge is -2.31. The minimum absolute atomic E-state index is 0.0286. The summed E-state index contributed by atoms with van der Waals surface area (Å²) in [4.78, 5) is 20.8. The van der Waals surface area contributed by atoms with Crippen molar-refractivity contribution in [2.45, 2.75) is 44.4 Å². The minimum Gasteiger partial charge on any atom is -0.258 e. The Bertz CT molecular complexity index is 1530. The predicted octanol–water partition coefficient (Wildman–Crippen LogP) is 12.6. The molecule has 0 spiro atoms. The molecule has 0 N–H and O–H groups in total. The third-order valence-electron chi connectivity index (χ3n) is 7.43. The van der Waals surface area contributed by atoms with Crippen LogP contribution in [0.1, 0.15) is 60.3 Å². The van der Waals surface area contributed by atoms with Crippen LogP contribution in [0.3, 0.4) is 0 Å². The lowest BCUT2D eigenvalue weighted by molar-refractivity contribution is -0.385. The van der Waals surface area contributed by atoms with Crippen LogP contribution in [0.25, 0.3) is 0 Å². The van der Waals surface area contributed by atoms with E-state index in [1.165, 1.54) is 44.2 Å². The van der Waals surface area contributed by atoms with E-state index in [4.69, 9.17) is 46.4 Å². The van der Waals surface area contributed by atoms with Gasteiger partial charge in [-0.05, 0) is 128 Å².